The number of aromatic nitrogens is 2. The van der Waals surface area contributed by atoms with E-state index < -0.39 is 10.0 Å². The highest BCUT2D eigenvalue weighted by Gasteiger charge is 2.46. The zero-order chi connectivity index (χ0) is 23.8. The predicted molar refractivity (Wildman–Crippen MR) is 131 cm³/mol. The van der Waals surface area contributed by atoms with Crippen LogP contribution in [0.25, 0.3) is 6.08 Å². The van der Waals surface area contributed by atoms with Gasteiger partial charge in [0, 0.05) is 25.6 Å². The Labute approximate surface area is 202 Å². The monoisotopic (exact) mass is 485 g/mol. The highest BCUT2D eigenvalue weighted by Crippen LogP contribution is 2.46. The topological polar surface area (TPSA) is 73.7 Å². The van der Waals surface area contributed by atoms with Gasteiger partial charge in [-0.15, -0.1) is 0 Å². The van der Waals surface area contributed by atoms with Gasteiger partial charge >= 0.3 is 0 Å². The Morgan fingerprint density at radius 3 is 2.65 bits per heavy atom. The van der Waals surface area contributed by atoms with E-state index in [0.29, 0.717) is 50.3 Å². The molecule has 3 aliphatic rings. The fraction of sp³-hybridized carbons (Fsp3) is 0.577. The van der Waals surface area contributed by atoms with Crippen molar-refractivity contribution >= 4 is 16.1 Å². The number of aryl methyl sites for hydroxylation is 1. The Morgan fingerprint density at radius 1 is 1.15 bits per heavy atom. The molecule has 7 nitrogen and oxygen atoms in total. The highest BCUT2D eigenvalue weighted by molar-refractivity contribution is 7.89. The average Bonchev–Trinajstić information content (AvgIpc) is 3.50. The second-order valence-corrected chi connectivity index (χ2v) is 11.9. The first-order chi connectivity index (χ1) is 16.4. The number of fused-ring (bicyclic) bond motifs is 2. The molecule has 1 aromatic carbocycles. The third kappa shape index (κ3) is 4.37. The predicted octanol–water partition coefficient (Wildman–Crippen LogP) is 3.99. The molecule has 0 amide bonds. The molecule has 184 valence electrons. The van der Waals surface area contributed by atoms with Crippen LogP contribution in [-0.2, 0) is 25.9 Å². The van der Waals surface area contributed by atoms with Gasteiger partial charge in [0.05, 0.1) is 42.6 Å². The Morgan fingerprint density at radius 2 is 1.91 bits per heavy atom. The molecule has 1 aromatic heterocycles. The third-order valence-electron chi connectivity index (χ3n) is 7.68. The first-order valence-electron chi connectivity index (χ1n) is 12.3. The van der Waals surface area contributed by atoms with Gasteiger partial charge in [0.25, 0.3) is 0 Å². The quantitative estimate of drug-likeness (QED) is 0.529. The van der Waals surface area contributed by atoms with Crippen LogP contribution in [0, 0.1) is 12.3 Å². The van der Waals surface area contributed by atoms with Gasteiger partial charge in [-0.1, -0.05) is 36.1 Å². The molecule has 0 bridgehead atoms. The molecule has 8 heteroatoms. The van der Waals surface area contributed by atoms with E-state index in [1.165, 1.54) is 42.5 Å². The van der Waals surface area contributed by atoms with Crippen molar-refractivity contribution in [3.63, 3.8) is 0 Å². The Hall–Kier alpha value is -2.00. The third-order valence-corrected chi connectivity index (χ3v) is 9.54. The smallest absolute Gasteiger partial charge is 0.243 e. The van der Waals surface area contributed by atoms with Crippen molar-refractivity contribution in [2.24, 2.45) is 5.41 Å². The van der Waals surface area contributed by atoms with Crippen molar-refractivity contribution in [3.8, 4) is 0 Å². The lowest BCUT2D eigenvalue weighted by atomic mass is 9.69. The maximum absolute atomic E-state index is 13.5. The molecular weight excluding hydrogens is 450 g/mol. The van der Waals surface area contributed by atoms with Crippen molar-refractivity contribution in [2.45, 2.75) is 56.4 Å². The summed E-state index contributed by atoms with van der Waals surface area (Å²) in [6.07, 6.45) is 10.6. The lowest BCUT2D eigenvalue weighted by Gasteiger charge is -2.46. The van der Waals surface area contributed by atoms with Crippen LogP contribution < -0.4 is 0 Å². The molecule has 2 heterocycles. The van der Waals surface area contributed by atoms with E-state index in [2.05, 4.69) is 10.8 Å². The lowest BCUT2D eigenvalue weighted by molar-refractivity contribution is 0.0147. The number of ether oxygens (including phenoxy) is 2. The highest BCUT2D eigenvalue weighted by atomic mass is 32.2. The van der Waals surface area contributed by atoms with Crippen LogP contribution in [0.5, 0.6) is 0 Å². The molecule has 0 spiro atoms. The number of piperidine rings is 1. The summed E-state index contributed by atoms with van der Waals surface area (Å²) in [4.78, 5) is 0.353. The minimum atomic E-state index is -3.58. The molecule has 1 unspecified atom stereocenters. The molecule has 2 fully saturated rings. The summed E-state index contributed by atoms with van der Waals surface area (Å²) in [5, 5.41) is 4.78. The van der Waals surface area contributed by atoms with E-state index in [4.69, 9.17) is 14.6 Å². The Balaban J connectivity index is 1.46. The molecular formula is C26H35N3O4S. The number of nitrogens with zero attached hydrogens (tertiary/aromatic N) is 3. The van der Waals surface area contributed by atoms with Gasteiger partial charge in [0.2, 0.25) is 10.0 Å². The summed E-state index contributed by atoms with van der Waals surface area (Å²) in [5.41, 5.74) is 4.35. The van der Waals surface area contributed by atoms with Gasteiger partial charge < -0.3 is 9.47 Å². The van der Waals surface area contributed by atoms with Gasteiger partial charge in [-0.3, -0.25) is 4.68 Å². The van der Waals surface area contributed by atoms with Gasteiger partial charge in [0.15, 0.2) is 0 Å². The number of hydrogen-bond donors (Lipinski definition) is 0. The van der Waals surface area contributed by atoms with Gasteiger partial charge in [-0.05, 0) is 56.4 Å². The average molecular weight is 486 g/mol. The summed E-state index contributed by atoms with van der Waals surface area (Å²) in [5.74, 6) is 0. The normalized spacial score (nSPS) is 23.5. The molecule has 1 aliphatic heterocycles. The number of methoxy groups -OCH3 is 1. The van der Waals surface area contributed by atoms with Crippen LogP contribution in [-0.4, -0.2) is 62.5 Å². The number of hydrogen-bond acceptors (Lipinski definition) is 5. The maximum atomic E-state index is 13.5. The van der Waals surface area contributed by atoms with Crippen LogP contribution in [0.2, 0.25) is 0 Å². The summed E-state index contributed by atoms with van der Waals surface area (Å²) in [7, 11) is -1.92. The van der Waals surface area contributed by atoms with Gasteiger partial charge in [-0.2, -0.15) is 9.40 Å². The van der Waals surface area contributed by atoms with Crippen molar-refractivity contribution in [3.05, 3.63) is 52.9 Å². The molecule has 34 heavy (non-hydrogen) atoms. The Bertz CT molecular complexity index is 1150. The lowest BCUT2D eigenvalue weighted by Crippen LogP contribution is -2.51. The van der Waals surface area contributed by atoms with Crippen molar-refractivity contribution < 1.29 is 17.9 Å². The molecule has 5 rings (SSSR count). The second kappa shape index (κ2) is 9.57. The summed E-state index contributed by atoms with van der Waals surface area (Å²) < 4.78 is 42.2. The van der Waals surface area contributed by atoms with Crippen molar-refractivity contribution in [2.75, 3.05) is 40.0 Å². The van der Waals surface area contributed by atoms with Crippen molar-refractivity contribution in [1.29, 1.82) is 0 Å². The number of rotatable bonds is 8. The minimum absolute atomic E-state index is 0.353. The fourth-order valence-electron chi connectivity index (χ4n) is 5.76. The fourth-order valence-corrected chi connectivity index (χ4v) is 7.29. The van der Waals surface area contributed by atoms with Crippen LogP contribution in [0.4, 0.5) is 0 Å². The van der Waals surface area contributed by atoms with E-state index in [-0.39, 0.29) is 5.41 Å². The second-order valence-electron chi connectivity index (χ2n) is 10.0. The van der Waals surface area contributed by atoms with Crippen molar-refractivity contribution in [1.82, 2.24) is 14.1 Å². The number of benzene rings is 1. The number of sulfonamides is 1. The first-order valence-corrected chi connectivity index (χ1v) is 13.8. The first kappa shape index (κ1) is 23.7. The minimum Gasteiger partial charge on any atom is -0.382 e. The molecule has 1 saturated heterocycles. The standard InChI is InChI=1S/C26H35N3O4S/c1-20-7-9-24(10-8-20)34(30,31)28-12-11-22-15-25-21(17-27-29(25)23-5-3-4-6-23)16-26(22,18-28)19-33-14-13-32-2/h7-10,15,17,23H,3-6,11-14,16,18-19H2,1-2H3. The van der Waals surface area contributed by atoms with E-state index in [1.807, 2.05) is 25.3 Å². The summed E-state index contributed by atoms with van der Waals surface area (Å²) in [6, 6.07) is 7.62. The van der Waals surface area contributed by atoms with E-state index in [9.17, 15) is 8.42 Å². The van der Waals surface area contributed by atoms with Gasteiger partial charge in [-0.25, -0.2) is 8.42 Å². The van der Waals surface area contributed by atoms with E-state index in [0.717, 1.165) is 12.0 Å². The molecule has 1 atom stereocenters. The van der Waals surface area contributed by atoms with E-state index >= 15 is 0 Å². The van der Waals surface area contributed by atoms with Gasteiger partial charge in [0.1, 0.15) is 0 Å². The summed E-state index contributed by atoms with van der Waals surface area (Å²) in [6.45, 7) is 4.34. The van der Waals surface area contributed by atoms with Crippen LogP contribution >= 0.6 is 0 Å². The SMILES string of the molecule is COCCOCC12Cc3cnn(C4CCCC4)c3C=C1CCN(S(=O)(=O)c1ccc(C)cc1)C2. The molecule has 2 aliphatic carbocycles. The zero-order valence-electron chi connectivity index (χ0n) is 20.2. The maximum Gasteiger partial charge on any atom is 0.243 e. The largest absolute Gasteiger partial charge is 0.382 e. The molecule has 2 aromatic rings. The van der Waals surface area contributed by atoms with Crippen LogP contribution in [0.3, 0.4) is 0 Å². The van der Waals surface area contributed by atoms with Crippen LogP contribution in [0.15, 0.2) is 40.9 Å². The molecule has 1 saturated carbocycles. The molecule has 0 radical (unpaired) electrons. The Kier molecular flexibility index (Phi) is 6.68. The van der Waals surface area contributed by atoms with E-state index in [1.54, 1.807) is 23.5 Å². The summed E-state index contributed by atoms with van der Waals surface area (Å²) >= 11 is 0. The molecule has 0 N–H and O–H groups in total. The van der Waals surface area contributed by atoms with Crippen LogP contribution in [0.1, 0.15) is 55.0 Å². The zero-order valence-corrected chi connectivity index (χ0v) is 21.0.